The van der Waals surface area contributed by atoms with Crippen molar-refractivity contribution in [3.63, 3.8) is 0 Å². The highest BCUT2D eigenvalue weighted by Gasteiger charge is 2.26. The number of nitrogens with zero attached hydrogens (tertiary/aromatic N) is 2. The van der Waals surface area contributed by atoms with Gasteiger partial charge < -0.3 is 9.84 Å². The number of hydrogen-bond acceptors (Lipinski definition) is 5. The van der Waals surface area contributed by atoms with E-state index in [1.165, 1.54) is 4.88 Å². The van der Waals surface area contributed by atoms with Gasteiger partial charge >= 0.3 is 0 Å². The van der Waals surface area contributed by atoms with Gasteiger partial charge in [-0.25, -0.2) is 4.39 Å². The van der Waals surface area contributed by atoms with Gasteiger partial charge in [-0.15, -0.1) is 21.5 Å². The molecule has 6 heteroatoms. The number of thiophene rings is 1. The summed E-state index contributed by atoms with van der Waals surface area (Å²) in [5.74, 6) is 0.469. The molecular formula is C21H21FN2O2S. The number of aromatic hydroxyl groups is 1. The summed E-state index contributed by atoms with van der Waals surface area (Å²) in [7, 11) is 0. The van der Waals surface area contributed by atoms with Gasteiger partial charge in [-0.2, -0.15) is 0 Å². The minimum Gasteiger partial charge on any atom is -0.507 e. The molecule has 1 N–H and O–H groups in total. The molecule has 0 radical (unpaired) electrons. The zero-order valence-electron chi connectivity index (χ0n) is 15.1. The molecule has 4 rings (SSSR count). The number of halogens is 1. The molecule has 0 spiro atoms. The minimum atomic E-state index is -0.947. The van der Waals surface area contributed by atoms with Crippen LogP contribution in [0, 0.1) is 6.92 Å². The Kier molecular flexibility index (Phi) is 5.07. The number of phenolic OH excluding ortho intramolecular Hbond substituents is 1. The molecule has 0 bridgehead atoms. The first-order valence-electron chi connectivity index (χ1n) is 9.15. The molecule has 1 aliphatic rings. The Labute approximate surface area is 161 Å². The van der Waals surface area contributed by atoms with Crippen molar-refractivity contribution in [1.82, 2.24) is 10.2 Å². The summed E-state index contributed by atoms with van der Waals surface area (Å²) in [4.78, 5) is 2.33. The second kappa shape index (κ2) is 7.64. The molecule has 2 atom stereocenters. The van der Waals surface area contributed by atoms with Gasteiger partial charge in [0.15, 0.2) is 0 Å². The summed E-state index contributed by atoms with van der Waals surface area (Å²) in [5.41, 5.74) is 2.12. The van der Waals surface area contributed by atoms with Gasteiger partial charge in [0.1, 0.15) is 18.0 Å². The lowest BCUT2D eigenvalue weighted by atomic mass is 9.96. The third kappa shape index (κ3) is 3.95. The van der Waals surface area contributed by atoms with E-state index in [-0.39, 0.29) is 5.75 Å². The molecule has 0 aliphatic heterocycles. The second-order valence-electron chi connectivity index (χ2n) is 6.86. The van der Waals surface area contributed by atoms with E-state index < -0.39 is 12.3 Å². The maximum atomic E-state index is 13.9. The molecule has 0 amide bonds. The fraction of sp³-hybridized carbons (Fsp3) is 0.333. The van der Waals surface area contributed by atoms with Crippen LogP contribution in [0.5, 0.6) is 11.6 Å². The molecule has 1 aliphatic carbocycles. The van der Waals surface area contributed by atoms with E-state index >= 15 is 0 Å². The summed E-state index contributed by atoms with van der Waals surface area (Å²) >= 11 is 1.68. The van der Waals surface area contributed by atoms with Crippen LogP contribution in [-0.4, -0.2) is 27.6 Å². The largest absolute Gasteiger partial charge is 0.507 e. The Bertz CT molecular complexity index is 926. The highest BCUT2D eigenvalue weighted by molar-refractivity contribution is 7.15. The fourth-order valence-electron chi connectivity index (χ4n) is 3.36. The monoisotopic (exact) mass is 384 g/mol. The summed E-state index contributed by atoms with van der Waals surface area (Å²) < 4.78 is 19.6. The molecule has 0 unspecified atom stereocenters. The summed E-state index contributed by atoms with van der Waals surface area (Å²) in [6, 6.07) is 13.1. The van der Waals surface area contributed by atoms with Crippen LogP contribution in [0.3, 0.4) is 0 Å². The quantitative estimate of drug-likeness (QED) is 0.641. The molecule has 140 valence electrons. The minimum absolute atomic E-state index is 0.151. The van der Waals surface area contributed by atoms with E-state index in [1.807, 2.05) is 18.2 Å². The lowest BCUT2D eigenvalue weighted by molar-refractivity contribution is 0.0594. The van der Waals surface area contributed by atoms with Crippen molar-refractivity contribution >= 4 is 11.3 Å². The maximum Gasteiger partial charge on any atom is 0.233 e. The van der Waals surface area contributed by atoms with Crippen molar-refractivity contribution in [2.24, 2.45) is 0 Å². The summed E-state index contributed by atoms with van der Waals surface area (Å²) in [6.45, 7) is 2.06. The van der Waals surface area contributed by atoms with E-state index in [9.17, 15) is 9.50 Å². The van der Waals surface area contributed by atoms with E-state index in [0.29, 0.717) is 30.0 Å². The number of benzene rings is 1. The van der Waals surface area contributed by atoms with Gasteiger partial charge in [0.2, 0.25) is 5.88 Å². The van der Waals surface area contributed by atoms with Crippen molar-refractivity contribution in [2.75, 3.05) is 0 Å². The first kappa shape index (κ1) is 17.9. The van der Waals surface area contributed by atoms with Crippen LogP contribution in [-0.2, 0) is 0 Å². The molecule has 4 nitrogen and oxygen atoms in total. The smallest absolute Gasteiger partial charge is 0.233 e. The lowest BCUT2D eigenvalue weighted by Gasteiger charge is -2.25. The number of hydrogen-bond donors (Lipinski definition) is 1. The topological polar surface area (TPSA) is 55.2 Å². The number of aryl methyl sites for hydroxylation is 1. The predicted molar refractivity (Wildman–Crippen MR) is 105 cm³/mol. The van der Waals surface area contributed by atoms with Crippen molar-refractivity contribution in [2.45, 2.75) is 44.9 Å². The van der Waals surface area contributed by atoms with Crippen LogP contribution in [0.2, 0.25) is 0 Å². The number of phenols is 1. The first-order valence-corrected chi connectivity index (χ1v) is 9.96. The Morgan fingerprint density at radius 1 is 1.07 bits per heavy atom. The molecular weight excluding hydrogens is 363 g/mol. The summed E-state index contributed by atoms with van der Waals surface area (Å²) in [5, 5.41) is 18.6. The normalized spacial score (nSPS) is 19.8. The van der Waals surface area contributed by atoms with Crippen molar-refractivity contribution in [1.29, 1.82) is 0 Å². The molecule has 1 saturated carbocycles. The molecule has 0 saturated heterocycles. The Morgan fingerprint density at radius 3 is 2.59 bits per heavy atom. The Hall–Kier alpha value is -2.47. The van der Waals surface area contributed by atoms with Crippen LogP contribution in [0.25, 0.3) is 21.7 Å². The number of alkyl halides is 1. The predicted octanol–water partition coefficient (Wildman–Crippen LogP) is 5.55. The molecule has 27 heavy (non-hydrogen) atoms. The first-order chi connectivity index (χ1) is 13.1. The SMILES string of the molecule is Cc1ccc(-c2ccc(-c3ccc(O[C@@H]4CCCC[C@@H]4F)nn3)c(O)c2)s1. The zero-order chi connectivity index (χ0) is 18.8. The Morgan fingerprint density at radius 2 is 1.93 bits per heavy atom. The molecule has 3 aromatic rings. The van der Waals surface area contributed by atoms with Crippen LogP contribution >= 0.6 is 11.3 Å². The number of aromatic nitrogens is 2. The third-order valence-corrected chi connectivity index (χ3v) is 5.88. The van der Waals surface area contributed by atoms with Gasteiger partial charge in [0.05, 0.1) is 5.69 Å². The molecule has 1 aromatic carbocycles. The van der Waals surface area contributed by atoms with Crippen molar-refractivity contribution < 1.29 is 14.2 Å². The van der Waals surface area contributed by atoms with Gasteiger partial charge in [0.25, 0.3) is 0 Å². The maximum absolute atomic E-state index is 13.9. The van der Waals surface area contributed by atoms with Crippen LogP contribution in [0.1, 0.15) is 30.6 Å². The standard InChI is InChI=1S/C21H21FN2O2S/c1-13-6-10-20(27-13)14-7-8-15(18(25)12-14)17-9-11-21(24-23-17)26-19-5-3-2-4-16(19)22/h6-12,16,19,25H,2-5H2,1H3/t16-,19+/m0/s1. The Balaban J connectivity index is 1.51. The van der Waals surface area contributed by atoms with Gasteiger partial charge in [-0.1, -0.05) is 12.5 Å². The highest BCUT2D eigenvalue weighted by Crippen LogP contribution is 2.35. The van der Waals surface area contributed by atoms with E-state index in [0.717, 1.165) is 23.3 Å². The van der Waals surface area contributed by atoms with Crippen LogP contribution < -0.4 is 4.74 Å². The van der Waals surface area contributed by atoms with Crippen molar-refractivity contribution in [3.05, 3.63) is 47.3 Å². The second-order valence-corrected chi connectivity index (χ2v) is 8.14. The highest BCUT2D eigenvalue weighted by atomic mass is 32.1. The van der Waals surface area contributed by atoms with E-state index in [1.54, 1.807) is 29.5 Å². The molecule has 2 heterocycles. The van der Waals surface area contributed by atoms with Crippen molar-refractivity contribution in [3.8, 4) is 33.3 Å². The van der Waals surface area contributed by atoms with Gasteiger partial charge in [-0.3, -0.25) is 0 Å². The average Bonchev–Trinajstić information content (AvgIpc) is 3.11. The lowest BCUT2D eigenvalue weighted by Crippen LogP contribution is -2.32. The number of rotatable bonds is 4. The average molecular weight is 384 g/mol. The number of ether oxygens (including phenoxy) is 1. The van der Waals surface area contributed by atoms with E-state index in [2.05, 4.69) is 23.2 Å². The van der Waals surface area contributed by atoms with Gasteiger partial charge in [0, 0.05) is 21.4 Å². The van der Waals surface area contributed by atoms with Crippen LogP contribution in [0.15, 0.2) is 42.5 Å². The fourth-order valence-corrected chi connectivity index (χ4v) is 4.22. The van der Waals surface area contributed by atoms with Crippen LogP contribution in [0.4, 0.5) is 4.39 Å². The zero-order valence-corrected chi connectivity index (χ0v) is 15.9. The van der Waals surface area contributed by atoms with E-state index in [4.69, 9.17) is 4.74 Å². The van der Waals surface area contributed by atoms with Gasteiger partial charge in [-0.05, 0) is 62.1 Å². The molecule has 1 fully saturated rings. The third-order valence-electron chi connectivity index (χ3n) is 4.83. The summed E-state index contributed by atoms with van der Waals surface area (Å²) in [6.07, 6.45) is 1.74. The molecule has 2 aromatic heterocycles.